The molecule has 4 amide bonds. The molecule has 4 atom stereocenters. The molecule has 0 aromatic heterocycles. The van der Waals surface area contributed by atoms with Crippen LogP contribution in [0.1, 0.15) is 19.3 Å². The Morgan fingerprint density at radius 1 is 0.903 bits per heavy atom. The van der Waals surface area contributed by atoms with Gasteiger partial charge >= 0.3 is 11.9 Å². The highest BCUT2D eigenvalue weighted by Gasteiger charge is 2.30. The van der Waals surface area contributed by atoms with E-state index in [1.165, 1.54) is 11.8 Å². The lowest BCUT2D eigenvalue weighted by molar-refractivity contribution is -0.147. The van der Waals surface area contributed by atoms with E-state index < -0.39 is 72.6 Å². The van der Waals surface area contributed by atoms with Crippen LogP contribution in [0.4, 0.5) is 0 Å². The van der Waals surface area contributed by atoms with Crippen molar-refractivity contribution in [3.8, 4) is 0 Å². The van der Waals surface area contributed by atoms with Gasteiger partial charge in [-0.2, -0.15) is 24.4 Å². The van der Waals surface area contributed by atoms with Gasteiger partial charge in [-0.05, 0) is 18.4 Å². The first kappa shape index (κ1) is 28.5. The standard InChI is InChI=1S/C16H27N5O8S2/c1-31-3-2-8(19-13(25)7(17)4-11(18)22)14(26)21-10(6-30)15(27)20-9(16(28)29)5-12(23)24/h7-10,30H,2-6,17H2,1H3,(H2,18,22)(H,19,25)(H,20,27)(H,21,26)(H,23,24)(H,28,29). The summed E-state index contributed by atoms with van der Waals surface area (Å²) in [6.45, 7) is 0. The topological polar surface area (TPSA) is 231 Å². The minimum Gasteiger partial charge on any atom is -0.481 e. The number of carbonyl (C=O) groups excluding carboxylic acids is 4. The fourth-order valence-corrected chi connectivity index (χ4v) is 2.93. The molecular weight excluding hydrogens is 454 g/mol. The SMILES string of the molecule is CSCCC(NC(=O)C(N)CC(N)=O)C(=O)NC(CS)C(=O)NC(CC(=O)O)C(=O)O. The van der Waals surface area contributed by atoms with Gasteiger partial charge in [-0.15, -0.1) is 0 Å². The summed E-state index contributed by atoms with van der Waals surface area (Å²) in [6, 6.07) is -5.38. The summed E-state index contributed by atoms with van der Waals surface area (Å²) in [5, 5.41) is 24.5. The van der Waals surface area contributed by atoms with Gasteiger partial charge in [0.2, 0.25) is 23.6 Å². The van der Waals surface area contributed by atoms with Crippen molar-refractivity contribution < 1.29 is 39.0 Å². The van der Waals surface area contributed by atoms with E-state index in [1.807, 2.05) is 5.32 Å². The first-order chi connectivity index (χ1) is 14.4. The molecule has 0 aliphatic carbocycles. The van der Waals surface area contributed by atoms with Gasteiger partial charge in [0.1, 0.15) is 18.1 Å². The van der Waals surface area contributed by atoms with Gasteiger partial charge < -0.3 is 37.6 Å². The number of hydrogen-bond donors (Lipinski definition) is 8. The first-order valence-electron chi connectivity index (χ1n) is 8.92. The number of thiol groups is 1. The summed E-state index contributed by atoms with van der Waals surface area (Å²) in [4.78, 5) is 69.8. The van der Waals surface area contributed by atoms with Gasteiger partial charge in [0.15, 0.2) is 0 Å². The minimum atomic E-state index is -1.71. The number of amides is 4. The Morgan fingerprint density at radius 3 is 1.87 bits per heavy atom. The van der Waals surface area contributed by atoms with Crippen LogP contribution < -0.4 is 27.4 Å². The van der Waals surface area contributed by atoms with Crippen LogP contribution in [-0.2, 0) is 28.8 Å². The van der Waals surface area contributed by atoms with E-state index in [9.17, 15) is 28.8 Å². The predicted octanol–water partition coefficient (Wildman–Crippen LogP) is -3.11. The number of rotatable bonds is 15. The predicted molar refractivity (Wildman–Crippen MR) is 114 cm³/mol. The van der Waals surface area contributed by atoms with Gasteiger partial charge in [-0.1, -0.05) is 0 Å². The number of hydrogen-bond acceptors (Lipinski definition) is 9. The van der Waals surface area contributed by atoms with E-state index in [1.54, 1.807) is 6.26 Å². The van der Waals surface area contributed by atoms with Crippen LogP contribution in [-0.4, -0.2) is 87.7 Å². The van der Waals surface area contributed by atoms with Crippen molar-refractivity contribution in [3.05, 3.63) is 0 Å². The third kappa shape index (κ3) is 11.4. The van der Waals surface area contributed by atoms with E-state index >= 15 is 0 Å². The molecule has 0 aromatic rings. The molecule has 0 saturated heterocycles. The largest absolute Gasteiger partial charge is 0.481 e. The molecule has 0 spiro atoms. The Balaban J connectivity index is 5.22. The summed E-state index contributed by atoms with van der Waals surface area (Å²) < 4.78 is 0. The molecule has 0 fully saturated rings. The molecule has 0 rings (SSSR count). The van der Waals surface area contributed by atoms with Crippen LogP contribution in [0.3, 0.4) is 0 Å². The maximum atomic E-state index is 12.6. The molecule has 0 aliphatic rings. The fraction of sp³-hybridized carbons (Fsp3) is 0.625. The number of thioether (sulfide) groups is 1. The number of aliphatic carboxylic acids is 2. The van der Waals surface area contributed by atoms with Gasteiger partial charge in [0, 0.05) is 5.75 Å². The van der Waals surface area contributed by atoms with Crippen LogP contribution in [0, 0.1) is 0 Å². The van der Waals surface area contributed by atoms with Crippen molar-refractivity contribution in [2.24, 2.45) is 11.5 Å². The molecule has 13 nitrogen and oxygen atoms in total. The van der Waals surface area contributed by atoms with Crippen LogP contribution >= 0.6 is 24.4 Å². The monoisotopic (exact) mass is 481 g/mol. The van der Waals surface area contributed by atoms with Crippen LogP contribution in [0.5, 0.6) is 0 Å². The summed E-state index contributed by atoms with van der Waals surface area (Å²) in [5.74, 6) is -6.10. The maximum absolute atomic E-state index is 12.6. The van der Waals surface area contributed by atoms with Crippen LogP contribution in [0.25, 0.3) is 0 Å². The fourth-order valence-electron chi connectivity index (χ4n) is 2.21. The van der Waals surface area contributed by atoms with Crippen molar-refractivity contribution in [3.63, 3.8) is 0 Å². The molecular formula is C16H27N5O8S2. The number of carboxylic acid groups (broad SMARTS) is 2. The van der Waals surface area contributed by atoms with Crippen LogP contribution in [0.15, 0.2) is 0 Å². The van der Waals surface area contributed by atoms with Gasteiger partial charge in [0.05, 0.1) is 18.9 Å². The molecule has 0 aromatic carbocycles. The van der Waals surface area contributed by atoms with Gasteiger partial charge in [-0.3, -0.25) is 24.0 Å². The van der Waals surface area contributed by atoms with Crippen LogP contribution in [0.2, 0.25) is 0 Å². The second-order valence-corrected chi connectivity index (χ2v) is 7.71. The summed E-state index contributed by atoms with van der Waals surface area (Å²) in [5.41, 5.74) is 10.6. The number of primary amides is 1. The smallest absolute Gasteiger partial charge is 0.326 e. The second-order valence-electron chi connectivity index (χ2n) is 6.36. The summed E-state index contributed by atoms with van der Waals surface area (Å²) >= 11 is 5.34. The van der Waals surface area contributed by atoms with E-state index in [-0.39, 0.29) is 12.2 Å². The Bertz CT molecular complexity index is 693. The lowest BCUT2D eigenvalue weighted by atomic mass is 10.1. The molecule has 0 radical (unpaired) electrons. The Kier molecular flexibility index (Phi) is 13.3. The zero-order chi connectivity index (χ0) is 24.1. The Labute approximate surface area is 187 Å². The second kappa shape index (κ2) is 14.5. The van der Waals surface area contributed by atoms with Crippen molar-refractivity contribution in [1.29, 1.82) is 0 Å². The van der Waals surface area contributed by atoms with E-state index in [0.29, 0.717) is 5.75 Å². The van der Waals surface area contributed by atoms with Gasteiger partial charge in [0.25, 0.3) is 0 Å². The summed E-state index contributed by atoms with van der Waals surface area (Å²) in [7, 11) is 0. The maximum Gasteiger partial charge on any atom is 0.326 e. The zero-order valence-electron chi connectivity index (χ0n) is 16.7. The highest BCUT2D eigenvalue weighted by Crippen LogP contribution is 2.04. The minimum absolute atomic E-state index is 0.166. The highest BCUT2D eigenvalue weighted by molar-refractivity contribution is 7.98. The molecule has 0 saturated carbocycles. The molecule has 0 aliphatic heterocycles. The Hall–Kier alpha value is -2.52. The molecule has 31 heavy (non-hydrogen) atoms. The summed E-state index contributed by atoms with van der Waals surface area (Å²) in [6.07, 6.45) is 0.650. The lowest BCUT2D eigenvalue weighted by Crippen LogP contribution is -2.58. The molecule has 4 unspecified atom stereocenters. The van der Waals surface area contributed by atoms with E-state index in [0.717, 1.165) is 0 Å². The number of carbonyl (C=O) groups is 6. The molecule has 0 bridgehead atoms. The van der Waals surface area contributed by atoms with Crippen molar-refractivity contribution >= 4 is 60.0 Å². The number of nitrogens with one attached hydrogen (secondary N) is 3. The highest BCUT2D eigenvalue weighted by atomic mass is 32.2. The first-order valence-corrected chi connectivity index (χ1v) is 10.9. The average molecular weight is 482 g/mol. The molecule has 176 valence electrons. The van der Waals surface area contributed by atoms with E-state index in [4.69, 9.17) is 21.7 Å². The van der Waals surface area contributed by atoms with Gasteiger partial charge in [-0.25, -0.2) is 4.79 Å². The van der Waals surface area contributed by atoms with E-state index in [2.05, 4.69) is 23.3 Å². The molecule has 0 heterocycles. The van der Waals surface area contributed by atoms with Crippen molar-refractivity contribution in [1.82, 2.24) is 16.0 Å². The molecule has 9 N–H and O–H groups in total. The zero-order valence-corrected chi connectivity index (χ0v) is 18.4. The number of carboxylic acids is 2. The quantitative estimate of drug-likeness (QED) is 0.110. The van der Waals surface area contributed by atoms with Crippen molar-refractivity contribution in [2.45, 2.75) is 43.4 Å². The normalized spacial score (nSPS) is 14.4. The van der Waals surface area contributed by atoms with Crippen molar-refractivity contribution in [2.75, 3.05) is 17.8 Å². The number of nitrogens with two attached hydrogens (primary N) is 2. The average Bonchev–Trinajstić information content (AvgIpc) is 2.67. The third-order valence-corrected chi connectivity index (χ3v) is 4.82. The third-order valence-electron chi connectivity index (χ3n) is 3.81. The Morgan fingerprint density at radius 2 is 1.42 bits per heavy atom. The lowest BCUT2D eigenvalue weighted by Gasteiger charge is -2.24. The molecule has 15 heteroatoms.